The molecule has 0 radical (unpaired) electrons. The first-order valence-corrected chi connectivity index (χ1v) is 16.8. The second kappa shape index (κ2) is 12.6. The van der Waals surface area contributed by atoms with Crippen molar-refractivity contribution in [2.45, 2.75) is 34.9 Å². The first-order valence-electron chi connectivity index (χ1n) is 16.1. The maximum Gasteiger partial charge on any atom is 0.258 e. The fourth-order valence-corrected chi connectivity index (χ4v) is 9.16. The number of halogens is 7. The smallest absolute Gasteiger partial charge is 0.258 e. The van der Waals surface area contributed by atoms with E-state index < -0.39 is 104 Å². The molecule has 6 atom stereocenters. The summed E-state index contributed by atoms with van der Waals surface area (Å²) in [5.41, 5.74) is -1.35. The summed E-state index contributed by atoms with van der Waals surface area (Å²) in [5.74, 6) is -22.9. The minimum absolute atomic E-state index is 0.0159. The highest BCUT2D eigenvalue weighted by Gasteiger charge is 2.77. The van der Waals surface area contributed by atoms with Gasteiger partial charge in [0.25, 0.3) is 11.8 Å². The molecule has 2 heterocycles. The fraction of sp³-hybridized carbons (Fsp3) is 0.333. The summed E-state index contributed by atoms with van der Waals surface area (Å²) in [5, 5.41) is 21.1. The molecule has 3 aromatic rings. The van der Waals surface area contributed by atoms with Crippen molar-refractivity contribution in [1.29, 1.82) is 0 Å². The quantitative estimate of drug-likeness (QED) is 0.0790. The van der Waals surface area contributed by atoms with E-state index in [1.807, 2.05) is 0 Å². The standard InChI is InChI=1S/C36H27Cl2F5N2O8/c1-52-16-11-20(47)23(21(12-16)53-2)24-17-7-8-18-22(32(49)44(31(18)48)10-9-14-3-5-15(46)6-4-14)19(17)13-35(37)33(50)45(34(51)36(24,35)38)30-28(42)26(40)25(39)27(41)29(30)43/h3-7,11-12,18-19,22,24,46-47H,8-10,13H2,1-2H3. The lowest BCUT2D eigenvalue weighted by atomic mass is 9.56. The zero-order valence-electron chi connectivity index (χ0n) is 27.6. The normalized spacial score (nSPS) is 27.8. The number of carbonyl (C=O) groups is 4. The molecule has 10 nitrogen and oxygen atoms in total. The number of amides is 4. The largest absolute Gasteiger partial charge is 0.508 e. The second-order valence-corrected chi connectivity index (χ2v) is 14.4. The average molecular weight is 782 g/mol. The zero-order valence-corrected chi connectivity index (χ0v) is 29.1. The van der Waals surface area contributed by atoms with Crippen LogP contribution in [0, 0.1) is 46.8 Å². The van der Waals surface area contributed by atoms with E-state index in [0.717, 1.165) is 11.0 Å². The van der Waals surface area contributed by atoms with Gasteiger partial charge >= 0.3 is 0 Å². The lowest BCUT2D eigenvalue weighted by Gasteiger charge is -2.50. The van der Waals surface area contributed by atoms with Crippen molar-refractivity contribution < 1.29 is 60.8 Å². The summed E-state index contributed by atoms with van der Waals surface area (Å²) in [4.78, 5) is 52.0. The van der Waals surface area contributed by atoms with Crippen LogP contribution in [0.4, 0.5) is 27.6 Å². The lowest BCUT2D eigenvalue weighted by molar-refractivity contribution is -0.140. The molecule has 2 aliphatic carbocycles. The molecule has 17 heteroatoms. The summed E-state index contributed by atoms with van der Waals surface area (Å²) in [6, 6.07) is 8.52. The number of likely N-dealkylation sites (tertiary alicyclic amines) is 1. The Hall–Kier alpha value is -4.89. The first-order chi connectivity index (χ1) is 25.0. The minimum Gasteiger partial charge on any atom is -0.508 e. The molecule has 4 amide bonds. The number of fused-ring (bicyclic) bond motifs is 4. The number of methoxy groups -OCH3 is 2. The van der Waals surface area contributed by atoms with Gasteiger partial charge in [-0.25, -0.2) is 26.9 Å². The van der Waals surface area contributed by atoms with Gasteiger partial charge in [0.2, 0.25) is 17.6 Å². The number of hydrogen-bond acceptors (Lipinski definition) is 8. The van der Waals surface area contributed by atoms with Crippen LogP contribution in [0.5, 0.6) is 23.0 Å². The van der Waals surface area contributed by atoms with Crippen molar-refractivity contribution in [2.24, 2.45) is 17.8 Å². The minimum atomic E-state index is -2.86. The number of hydrogen-bond donors (Lipinski definition) is 2. The van der Waals surface area contributed by atoms with Gasteiger partial charge < -0.3 is 19.7 Å². The van der Waals surface area contributed by atoms with Gasteiger partial charge in [0.1, 0.15) is 28.7 Å². The Morgan fingerprint density at radius 2 is 1.45 bits per heavy atom. The van der Waals surface area contributed by atoms with E-state index in [0.29, 0.717) is 5.56 Å². The molecule has 2 saturated heterocycles. The topological polar surface area (TPSA) is 134 Å². The number of alkyl halides is 2. The van der Waals surface area contributed by atoms with Crippen LogP contribution in [0.1, 0.15) is 29.9 Å². The maximum absolute atomic E-state index is 15.3. The Kier molecular flexibility index (Phi) is 8.68. The Balaban J connectivity index is 1.40. The lowest BCUT2D eigenvalue weighted by Crippen LogP contribution is -2.60. The van der Waals surface area contributed by atoms with Crippen LogP contribution in [-0.4, -0.2) is 69.3 Å². The third-order valence-electron chi connectivity index (χ3n) is 10.7. The van der Waals surface area contributed by atoms with Crippen LogP contribution in [-0.2, 0) is 25.6 Å². The van der Waals surface area contributed by atoms with E-state index >= 15 is 8.78 Å². The maximum atomic E-state index is 15.3. The number of anilines is 1. The van der Waals surface area contributed by atoms with Gasteiger partial charge in [-0.2, -0.15) is 0 Å². The number of phenolic OH excluding ortho intramolecular Hbond substituents is 2. The van der Waals surface area contributed by atoms with Crippen LogP contribution >= 0.6 is 23.2 Å². The molecule has 4 aliphatic rings. The van der Waals surface area contributed by atoms with Crippen molar-refractivity contribution in [1.82, 2.24) is 4.90 Å². The molecule has 0 bridgehead atoms. The Bertz CT molecular complexity index is 2140. The molecule has 6 unspecified atom stereocenters. The van der Waals surface area contributed by atoms with Gasteiger partial charge in [-0.1, -0.05) is 23.8 Å². The van der Waals surface area contributed by atoms with E-state index in [-0.39, 0.29) is 52.7 Å². The van der Waals surface area contributed by atoms with Gasteiger partial charge in [-0.15, -0.1) is 23.2 Å². The summed E-state index contributed by atoms with van der Waals surface area (Å²) in [6.07, 6.45) is 0.934. The highest BCUT2D eigenvalue weighted by atomic mass is 35.5. The summed E-state index contributed by atoms with van der Waals surface area (Å²) in [7, 11) is 2.46. The van der Waals surface area contributed by atoms with E-state index in [1.165, 1.54) is 38.5 Å². The molecule has 53 heavy (non-hydrogen) atoms. The van der Waals surface area contributed by atoms with Crippen molar-refractivity contribution in [3.63, 3.8) is 0 Å². The molecule has 3 aromatic carbocycles. The number of carbonyl (C=O) groups excluding carboxylic acids is 4. The predicted octanol–water partition coefficient (Wildman–Crippen LogP) is 5.62. The number of aromatic hydroxyl groups is 2. The second-order valence-electron chi connectivity index (χ2n) is 13.2. The Morgan fingerprint density at radius 3 is 2.06 bits per heavy atom. The number of imide groups is 2. The number of ether oxygens (including phenoxy) is 2. The molecule has 3 fully saturated rings. The number of rotatable bonds is 7. The predicted molar refractivity (Wildman–Crippen MR) is 176 cm³/mol. The molecule has 2 N–H and O–H groups in total. The first kappa shape index (κ1) is 36.5. The van der Waals surface area contributed by atoms with Crippen molar-refractivity contribution >= 4 is 52.5 Å². The van der Waals surface area contributed by atoms with Crippen LogP contribution in [0.15, 0.2) is 48.0 Å². The van der Waals surface area contributed by atoms with Crippen LogP contribution in [0.2, 0.25) is 0 Å². The Labute approximate surface area is 307 Å². The van der Waals surface area contributed by atoms with Crippen molar-refractivity contribution in [2.75, 3.05) is 25.7 Å². The third kappa shape index (κ3) is 4.95. The molecular weight excluding hydrogens is 754 g/mol. The van der Waals surface area contributed by atoms with E-state index in [9.17, 15) is 42.6 Å². The summed E-state index contributed by atoms with van der Waals surface area (Å²) in [6.45, 7) is -0.0646. The number of allylic oxidation sites excluding steroid dienone is 2. The summed E-state index contributed by atoms with van der Waals surface area (Å²) < 4.78 is 84.4. The van der Waals surface area contributed by atoms with Gasteiger partial charge in [0, 0.05) is 30.2 Å². The SMILES string of the molecule is COc1cc(O)c(C2C3=CCC4C(=O)N(CCc5ccc(O)cc5)C(=O)C4C3CC3(Cl)C(=O)N(c4c(F)c(F)c(F)c(F)c4F)C(=O)C23Cl)c(OC)c1. The Morgan fingerprint density at radius 1 is 0.830 bits per heavy atom. The monoisotopic (exact) mass is 780 g/mol. The molecule has 7 rings (SSSR count). The van der Waals surface area contributed by atoms with Crippen LogP contribution in [0.25, 0.3) is 0 Å². The van der Waals surface area contributed by atoms with E-state index in [1.54, 1.807) is 12.1 Å². The molecule has 1 saturated carbocycles. The highest BCUT2D eigenvalue weighted by Crippen LogP contribution is 2.67. The van der Waals surface area contributed by atoms with Gasteiger partial charge in [-0.05, 0) is 42.9 Å². The highest BCUT2D eigenvalue weighted by molar-refractivity contribution is 6.58. The molecular formula is C36H27Cl2F5N2O8. The molecule has 0 aromatic heterocycles. The van der Waals surface area contributed by atoms with Gasteiger partial charge in [0.05, 0.1) is 26.1 Å². The molecule has 278 valence electrons. The van der Waals surface area contributed by atoms with Gasteiger partial charge in [-0.3, -0.25) is 24.1 Å². The third-order valence-corrected chi connectivity index (χ3v) is 12.1. The van der Waals surface area contributed by atoms with E-state index in [4.69, 9.17) is 32.7 Å². The zero-order chi connectivity index (χ0) is 38.5. The van der Waals surface area contributed by atoms with Crippen LogP contribution < -0.4 is 14.4 Å². The number of phenols is 2. The van der Waals surface area contributed by atoms with Crippen molar-refractivity contribution in [3.05, 3.63) is 88.3 Å². The molecule has 0 spiro atoms. The number of benzene rings is 3. The fourth-order valence-electron chi connectivity index (χ4n) is 8.24. The number of nitrogens with zero attached hydrogens (tertiary/aromatic N) is 2. The van der Waals surface area contributed by atoms with Gasteiger partial charge in [0.15, 0.2) is 33.0 Å². The van der Waals surface area contributed by atoms with Crippen LogP contribution in [0.3, 0.4) is 0 Å². The molecule has 2 aliphatic heterocycles. The van der Waals surface area contributed by atoms with E-state index in [2.05, 4.69) is 0 Å². The summed E-state index contributed by atoms with van der Waals surface area (Å²) >= 11 is 14.3. The average Bonchev–Trinajstić information content (AvgIpc) is 3.47. The van der Waals surface area contributed by atoms with Crippen molar-refractivity contribution in [3.8, 4) is 23.0 Å².